The number of anilines is 1. The molecule has 2 unspecified atom stereocenters. The molecule has 0 radical (unpaired) electrons. The Kier molecular flexibility index (Phi) is 3.67. The summed E-state index contributed by atoms with van der Waals surface area (Å²) in [5, 5.41) is 4.66. The summed E-state index contributed by atoms with van der Waals surface area (Å²) in [5.74, 6) is 2.10. The molecular formula is C14H19N3S2. The Morgan fingerprint density at radius 2 is 2.00 bits per heavy atom. The number of fused-ring (bicyclic) bond motifs is 1. The highest BCUT2D eigenvalue weighted by Gasteiger charge is 2.25. The molecule has 0 aliphatic carbocycles. The van der Waals surface area contributed by atoms with Gasteiger partial charge in [-0.15, -0.1) is 11.3 Å². The SMILES string of the molecule is CCc1nc(N2CC(C)SC(C)C2)c2ccsc2n1. The van der Waals surface area contributed by atoms with Crippen LogP contribution in [-0.2, 0) is 6.42 Å². The van der Waals surface area contributed by atoms with Gasteiger partial charge in [0.1, 0.15) is 16.5 Å². The first-order valence-electron chi connectivity index (χ1n) is 6.82. The summed E-state index contributed by atoms with van der Waals surface area (Å²) in [6.07, 6.45) is 0.897. The molecule has 2 aromatic rings. The molecule has 0 N–H and O–H groups in total. The fourth-order valence-electron chi connectivity index (χ4n) is 2.63. The fraction of sp³-hybridized carbons (Fsp3) is 0.571. The van der Waals surface area contributed by atoms with Crippen molar-refractivity contribution in [1.82, 2.24) is 9.97 Å². The first-order valence-corrected chi connectivity index (χ1v) is 8.64. The minimum atomic E-state index is 0.664. The standard InChI is InChI=1S/C14H19N3S2/c1-4-12-15-13(11-5-6-18-14(11)16-12)17-7-9(2)19-10(3)8-17/h5-6,9-10H,4,7-8H2,1-3H3. The molecule has 5 heteroatoms. The van der Waals surface area contributed by atoms with Crippen molar-refractivity contribution >= 4 is 39.1 Å². The van der Waals surface area contributed by atoms with E-state index in [9.17, 15) is 0 Å². The zero-order chi connectivity index (χ0) is 13.4. The van der Waals surface area contributed by atoms with Gasteiger partial charge >= 0.3 is 0 Å². The number of aromatic nitrogens is 2. The Morgan fingerprint density at radius 1 is 1.26 bits per heavy atom. The molecule has 3 rings (SSSR count). The molecular weight excluding hydrogens is 274 g/mol. The van der Waals surface area contributed by atoms with Gasteiger partial charge in [-0.05, 0) is 11.4 Å². The minimum absolute atomic E-state index is 0.664. The number of aryl methyl sites for hydroxylation is 1. The van der Waals surface area contributed by atoms with Gasteiger partial charge in [0.2, 0.25) is 0 Å². The van der Waals surface area contributed by atoms with E-state index in [2.05, 4.69) is 53.9 Å². The highest BCUT2D eigenvalue weighted by Crippen LogP contribution is 2.33. The molecule has 0 aromatic carbocycles. The summed E-state index contributed by atoms with van der Waals surface area (Å²) in [5.41, 5.74) is 0. The summed E-state index contributed by atoms with van der Waals surface area (Å²) >= 11 is 3.79. The Labute approximate surface area is 122 Å². The van der Waals surface area contributed by atoms with Crippen LogP contribution >= 0.6 is 23.1 Å². The Morgan fingerprint density at radius 3 is 2.68 bits per heavy atom. The molecule has 0 bridgehead atoms. The molecule has 102 valence electrons. The normalized spacial score (nSPS) is 24.1. The van der Waals surface area contributed by atoms with Crippen LogP contribution < -0.4 is 4.90 Å². The minimum Gasteiger partial charge on any atom is -0.354 e. The van der Waals surface area contributed by atoms with Gasteiger partial charge in [0.25, 0.3) is 0 Å². The summed E-state index contributed by atoms with van der Waals surface area (Å²) in [4.78, 5) is 13.0. The number of nitrogens with zero attached hydrogens (tertiary/aromatic N) is 3. The van der Waals surface area contributed by atoms with Crippen LogP contribution in [0, 0.1) is 0 Å². The second-order valence-electron chi connectivity index (χ2n) is 5.12. The van der Waals surface area contributed by atoms with Gasteiger partial charge in [-0.2, -0.15) is 11.8 Å². The van der Waals surface area contributed by atoms with Crippen molar-refractivity contribution in [2.75, 3.05) is 18.0 Å². The number of thioether (sulfide) groups is 1. The predicted molar refractivity (Wildman–Crippen MR) is 85.5 cm³/mol. The maximum Gasteiger partial charge on any atom is 0.141 e. The summed E-state index contributed by atoms with van der Waals surface area (Å²) < 4.78 is 0. The van der Waals surface area contributed by atoms with Crippen molar-refractivity contribution < 1.29 is 0 Å². The fourth-order valence-corrected chi connectivity index (χ4v) is 4.74. The van der Waals surface area contributed by atoms with Gasteiger partial charge in [-0.1, -0.05) is 20.8 Å². The second-order valence-corrected chi connectivity index (χ2v) is 7.89. The lowest BCUT2D eigenvalue weighted by molar-refractivity contribution is 0.717. The molecule has 3 heterocycles. The summed E-state index contributed by atoms with van der Waals surface area (Å²) in [6.45, 7) is 8.90. The van der Waals surface area contributed by atoms with E-state index in [0.717, 1.165) is 36.0 Å². The summed E-state index contributed by atoms with van der Waals surface area (Å²) in [7, 11) is 0. The van der Waals surface area contributed by atoms with Crippen molar-refractivity contribution in [2.45, 2.75) is 37.7 Å². The first-order chi connectivity index (χ1) is 9.17. The monoisotopic (exact) mass is 293 g/mol. The Bertz CT molecular complexity index is 571. The molecule has 0 saturated carbocycles. The third kappa shape index (κ3) is 2.58. The lowest BCUT2D eigenvalue weighted by Gasteiger charge is -2.35. The topological polar surface area (TPSA) is 29.0 Å². The maximum absolute atomic E-state index is 4.80. The van der Waals surface area contributed by atoms with E-state index in [1.807, 2.05) is 0 Å². The van der Waals surface area contributed by atoms with Crippen LogP contribution in [0.4, 0.5) is 5.82 Å². The van der Waals surface area contributed by atoms with Gasteiger partial charge in [-0.3, -0.25) is 0 Å². The molecule has 3 nitrogen and oxygen atoms in total. The van der Waals surface area contributed by atoms with E-state index in [1.165, 1.54) is 5.39 Å². The van der Waals surface area contributed by atoms with Crippen LogP contribution in [-0.4, -0.2) is 33.6 Å². The largest absolute Gasteiger partial charge is 0.354 e. The molecule has 1 aliphatic heterocycles. The Balaban J connectivity index is 2.05. The molecule has 0 amide bonds. The molecule has 19 heavy (non-hydrogen) atoms. The maximum atomic E-state index is 4.80. The van der Waals surface area contributed by atoms with E-state index >= 15 is 0 Å². The number of hydrogen-bond acceptors (Lipinski definition) is 5. The smallest absolute Gasteiger partial charge is 0.141 e. The predicted octanol–water partition coefficient (Wildman–Crippen LogP) is 3.58. The van der Waals surface area contributed by atoms with E-state index < -0.39 is 0 Å². The number of thiophene rings is 1. The molecule has 2 aromatic heterocycles. The first kappa shape index (κ1) is 13.2. The highest BCUT2D eigenvalue weighted by atomic mass is 32.2. The van der Waals surface area contributed by atoms with Gasteiger partial charge in [0.15, 0.2) is 0 Å². The van der Waals surface area contributed by atoms with Crippen molar-refractivity contribution in [2.24, 2.45) is 0 Å². The van der Waals surface area contributed by atoms with Gasteiger partial charge < -0.3 is 4.90 Å². The van der Waals surface area contributed by atoms with E-state index in [4.69, 9.17) is 4.98 Å². The van der Waals surface area contributed by atoms with E-state index in [0.29, 0.717) is 10.5 Å². The van der Waals surface area contributed by atoms with Crippen LogP contribution in [0.15, 0.2) is 11.4 Å². The van der Waals surface area contributed by atoms with Crippen molar-refractivity contribution in [3.05, 3.63) is 17.3 Å². The van der Waals surface area contributed by atoms with E-state index in [-0.39, 0.29) is 0 Å². The molecule has 1 fully saturated rings. The van der Waals surface area contributed by atoms with Gasteiger partial charge in [0.05, 0.1) is 5.39 Å². The zero-order valence-electron chi connectivity index (χ0n) is 11.6. The molecule has 1 aliphatic rings. The lowest BCUT2D eigenvalue weighted by Crippen LogP contribution is -2.41. The zero-order valence-corrected chi connectivity index (χ0v) is 13.2. The third-order valence-corrected chi connectivity index (χ3v) is 5.42. The lowest BCUT2D eigenvalue weighted by atomic mass is 10.2. The van der Waals surface area contributed by atoms with Crippen LogP contribution in [0.3, 0.4) is 0 Å². The van der Waals surface area contributed by atoms with Crippen molar-refractivity contribution in [3.63, 3.8) is 0 Å². The van der Waals surface area contributed by atoms with Gasteiger partial charge in [0, 0.05) is 30.0 Å². The summed E-state index contributed by atoms with van der Waals surface area (Å²) in [6, 6.07) is 2.16. The third-order valence-electron chi connectivity index (χ3n) is 3.39. The van der Waals surface area contributed by atoms with Crippen LogP contribution in [0.5, 0.6) is 0 Å². The molecule has 1 saturated heterocycles. The van der Waals surface area contributed by atoms with Crippen LogP contribution in [0.2, 0.25) is 0 Å². The van der Waals surface area contributed by atoms with Crippen LogP contribution in [0.1, 0.15) is 26.6 Å². The highest BCUT2D eigenvalue weighted by molar-refractivity contribution is 8.00. The molecule has 0 spiro atoms. The second kappa shape index (κ2) is 5.29. The van der Waals surface area contributed by atoms with Crippen molar-refractivity contribution in [1.29, 1.82) is 0 Å². The Hall–Kier alpha value is -0.810. The quantitative estimate of drug-likeness (QED) is 0.846. The van der Waals surface area contributed by atoms with Crippen LogP contribution in [0.25, 0.3) is 10.2 Å². The number of rotatable bonds is 2. The molecule has 2 atom stereocenters. The van der Waals surface area contributed by atoms with Crippen molar-refractivity contribution in [3.8, 4) is 0 Å². The average molecular weight is 293 g/mol. The van der Waals surface area contributed by atoms with Gasteiger partial charge in [-0.25, -0.2) is 9.97 Å². The average Bonchev–Trinajstić information content (AvgIpc) is 2.84. The van der Waals surface area contributed by atoms with E-state index in [1.54, 1.807) is 11.3 Å². The number of hydrogen-bond donors (Lipinski definition) is 0.